The Morgan fingerprint density at radius 3 is 2.66 bits per heavy atom. The van der Waals surface area contributed by atoms with Crippen molar-refractivity contribution < 1.29 is 4.79 Å². The molecule has 0 bridgehead atoms. The van der Waals surface area contributed by atoms with Crippen LogP contribution in [0.5, 0.6) is 0 Å². The highest BCUT2D eigenvalue weighted by Crippen LogP contribution is 2.34. The second-order valence-electron chi connectivity index (χ2n) is 8.29. The molecular weight excluding hydrogens is 438 g/mol. The highest BCUT2D eigenvalue weighted by atomic mass is 32.1. The van der Waals surface area contributed by atoms with Gasteiger partial charge in [-0.15, -0.1) is 11.3 Å². The minimum Gasteiger partial charge on any atom is -0.343 e. The molecule has 2 aromatic carbocycles. The molecule has 2 aromatic heterocycles. The van der Waals surface area contributed by atoms with E-state index in [9.17, 15) is 4.79 Å². The number of piperidine rings is 1. The summed E-state index contributed by atoms with van der Waals surface area (Å²) < 4.78 is 3.70. The highest BCUT2D eigenvalue weighted by Gasteiger charge is 2.26. The third-order valence-electron chi connectivity index (χ3n) is 6.12. The Hall–Kier alpha value is -2.84. The molecule has 164 valence electrons. The van der Waals surface area contributed by atoms with Crippen LogP contribution in [0.25, 0.3) is 21.6 Å². The van der Waals surface area contributed by atoms with Crippen molar-refractivity contribution in [1.82, 2.24) is 24.6 Å². The zero-order valence-corrected chi connectivity index (χ0v) is 19.6. The second-order valence-corrected chi connectivity index (χ2v) is 9.74. The summed E-state index contributed by atoms with van der Waals surface area (Å²) >= 11 is 7.20. The Labute approximate surface area is 195 Å². The van der Waals surface area contributed by atoms with Gasteiger partial charge in [0.2, 0.25) is 5.91 Å². The van der Waals surface area contributed by atoms with Crippen molar-refractivity contribution >= 4 is 39.7 Å². The molecule has 6 nitrogen and oxygen atoms in total. The number of fused-ring (bicyclic) bond motifs is 1. The first-order chi connectivity index (χ1) is 15.6. The number of likely N-dealkylation sites (tertiary alicyclic amines) is 1. The van der Waals surface area contributed by atoms with Crippen LogP contribution >= 0.6 is 23.6 Å². The van der Waals surface area contributed by atoms with Crippen molar-refractivity contribution in [2.45, 2.75) is 38.6 Å². The molecule has 0 radical (unpaired) electrons. The van der Waals surface area contributed by atoms with Gasteiger partial charge >= 0.3 is 0 Å². The van der Waals surface area contributed by atoms with Crippen LogP contribution in [0, 0.1) is 11.7 Å². The predicted octanol–water partition coefficient (Wildman–Crippen LogP) is 5.32. The van der Waals surface area contributed by atoms with E-state index in [-0.39, 0.29) is 5.91 Å². The van der Waals surface area contributed by atoms with Gasteiger partial charge in [0.05, 0.1) is 15.2 Å². The summed E-state index contributed by atoms with van der Waals surface area (Å²) in [7, 11) is 0. The van der Waals surface area contributed by atoms with Crippen LogP contribution in [0.1, 0.15) is 35.8 Å². The number of aryl methyl sites for hydroxylation is 1. The maximum absolute atomic E-state index is 12.9. The third-order valence-corrected chi connectivity index (χ3v) is 7.64. The lowest BCUT2D eigenvalue weighted by molar-refractivity contribution is -0.132. The summed E-state index contributed by atoms with van der Waals surface area (Å²) in [6.45, 7) is 4.14. The van der Waals surface area contributed by atoms with E-state index in [2.05, 4.69) is 47.5 Å². The number of nitrogens with zero attached hydrogens (tertiary/aromatic N) is 4. The number of hydrogen-bond acceptors (Lipinski definition) is 5. The van der Waals surface area contributed by atoms with Crippen molar-refractivity contribution in [3.8, 4) is 11.4 Å². The Morgan fingerprint density at radius 1 is 1.16 bits per heavy atom. The Bertz CT molecular complexity index is 1260. The molecule has 0 aliphatic carbocycles. The van der Waals surface area contributed by atoms with Gasteiger partial charge in [-0.3, -0.25) is 14.5 Å². The van der Waals surface area contributed by atoms with E-state index in [1.165, 1.54) is 15.3 Å². The highest BCUT2D eigenvalue weighted by molar-refractivity contribution is 7.71. The number of amides is 1. The van der Waals surface area contributed by atoms with Gasteiger partial charge < -0.3 is 4.90 Å². The number of aromatic amines is 1. The second kappa shape index (κ2) is 8.96. The van der Waals surface area contributed by atoms with E-state index in [0.717, 1.165) is 42.8 Å². The predicted molar refractivity (Wildman–Crippen MR) is 130 cm³/mol. The number of para-hydroxylation sites is 1. The van der Waals surface area contributed by atoms with Gasteiger partial charge in [-0.1, -0.05) is 42.0 Å². The summed E-state index contributed by atoms with van der Waals surface area (Å²) in [4.78, 5) is 19.7. The lowest BCUT2D eigenvalue weighted by Gasteiger charge is -2.31. The van der Waals surface area contributed by atoms with Gasteiger partial charge in [-0.2, -0.15) is 5.10 Å². The Balaban J connectivity index is 1.20. The molecule has 8 heteroatoms. The van der Waals surface area contributed by atoms with Crippen molar-refractivity contribution in [3.05, 3.63) is 63.9 Å². The van der Waals surface area contributed by atoms with Gasteiger partial charge in [0.25, 0.3) is 0 Å². The van der Waals surface area contributed by atoms with E-state index >= 15 is 0 Å². The zero-order chi connectivity index (χ0) is 22.1. The number of carbonyl (C=O) groups is 1. The molecule has 1 fully saturated rings. The maximum atomic E-state index is 12.9. The minimum absolute atomic E-state index is 0.172. The third kappa shape index (κ3) is 4.25. The number of carbonyl (C=O) groups excluding carboxylic acids is 1. The van der Waals surface area contributed by atoms with E-state index in [1.807, 2.05) is 27.7 Å². The first-order valence-electron chi connectivity index (χ1n) is 10.9. The summed E-state index contributed by atoms with van der Waals surface area (Å²) in [5.74, 6) is 1.38. The van der Waals surface area contributed by atoms with Crippen LogP contribution in [0.3, 0.4) is 0 Å². The number of hydrogen-bond donors (Lipinski definition) is 1. The molecule has 1 aliphatic heterocycles. The molecule has 1 saturated heterocycles. The van der Waals surface area contributed by atoms with Crippen molar-refractivity contribution in [1.29, 1.82) is 0 Å². The average Bonchev–Trinajstić information content (AvgIpc) is 3.41. The monoisotopic (exact) mass is 463 g/mol. The number of nitrogens with one attached hydrogen (secondary N) is 1. The number of rotatable bonds is 5. The number of aromatic nitrogens is 4. The molecule has 0 atom stereocenters. The quantitative estimate of drug-likeness (QED) is 0.407. The lowest BCUT2D eigenvalue weighted by atomic mass is 9.97. The fourth-order valence-corrected chi connectivity index (χ4v) is 5.61. The first kappa shape index (κ1) is 21.0. The average molecular weight is 464 g/mol. The van der Waals surface area contributed by atoms with Crippen LogP contribution in [0.15, 0.2) is 48.5 Å². The zero-order valence-electron chi connectivity index (χ0n) is 18.0. The molecule has 1 N–H and O–H groups in total. The first-order valence-corrected chi connectivity index (χ1v) is 12.2. The number of benzene rings is 2. The van der Waals surface area contributed by atoms with Crippen LogP contribution in [-0.4, -0.2) is 43.6 Å². The molecular formula is C24H25N5OS2. The van der Waals surface area contributed by atoms with Gasteiger partial charge in [-0.05, 0) is 44.1 Å². The molecule has 1 aliphatic rings. The van der Waals surface area contributed by atoms with Crippen LogP contribution in [0.4, 0.5) is 0 Å². The molecule has 3 heterocycles. The van der Waals surface area contributed by atoms with Crippen LogP contribution in [0.2, 0.25) is 0 Å². The molecule has 4 aromatic rings. The molecule has 0 spiro atoms. The SMILES string of the molecule is Cc1ccc(-c2n[nH]c(=S)n2CCC(=O)N2CCC(c3nc4ccccc4s3)CC2)cc1. The van der Waals surface area contributed by atoms with E-state index in [1.54, 1.807) is 11.3 Å². The van der Waals surface area contributed by atoms with Gasteiger partial charge in [0.1, 0.15) is 0 Å². The smallest absolute Gasteiger partial charge is 0.224 e. The van der Waals surface area contributed by atoms with Gasteiger partial charge in [-0.25, -0.2) is 4.98 Å². The normalized spacial score (nSPS) is 14.8. The Kier molecular flexibility index (Phi) is 5.89. The number of thiazole rings is 1. The maximum Gasteiger partial charge on any atom is 0.224 e. The van der Waals surface area contributed by atoms with E-state index in [0.29, 0.717) is 23.7 Å². The molecule has 0 unspecified atom stereocenters. The van der Waals surface area contributed by atoms with E-state index in [4.69, 9.17) is 17.2 Å². The summed E-state index contributed by atoms with van der Waals surface area (Å²) in [6.07, 6.45) is 2.34. The van der Waals surface area contributed by atoms with Crippen molar-refractivity contribution in [3.63, 3.8) is 0 Å². The fraction of sp³-hybridized carbons (Fsp3) is 0.333. The van der Waals surface area contributed by atoms with Crippen molar-refractivity contribution in [2.75, 3.05) is 13.1 Å². The molecule has 32 heavy (non-hydrogen) atoms. The molecule has 1 amide bonds. The fourth-order valence-electron chi connectivity index (χ4n) is 4.25. The standard InChI is InChI=1S/C24H25N5OS2/c1-16-6-8-17(9-7-16)22-26-27-24(31)29(22)15-12-21(30)28-13-10-18(11-14-28)23-25-19-4-2-3-5-20(19)32-23/h2-9,18H,10-15H2,1H3,(H,27,31). The van der Waals surface area contributed by atoms with Crippen LogP contribution < -0.4 is 0 Å². The summed E-state index contributed by atoms with van der Waals surface area (Å²) in [6, 6.07) is 16.5. The minimum atomic E-state index is 0.172. The topological polar surface area (TPSA) is 66.8 Å². The van der Waals surface area contributed by atoms with Crippen LogP contribution in [-0.2, 0) is 11.3 Å². The molecule has 0 saturated carbocycles. The Morgan fingerprint density at radius 2 is 1.91 bits per heavy atom. The summed E-state index contributed by atoms with van der Waals surface area (Å²) in [5, 5.41) is 8.46. The van der Waals surface area contributed by atoms with E-state index < -0.39 is 0 Å². The largest absolute Gasteiger partial charge is 0.343 e. The summed E-state index contributed by atoms with van der Waals surface area (Å²) in [5.41, 5.74) is 3.26. The van der Waals surface area contributed by atoms with Gasteiger partial charge in [0.15, 0.2) is 10.6 Å². The van der Waals surface area contributed by atoms with Crippen molar-refractivity contribution in [2.24, 2.45) is 0 Å². The lowest BCUT2D eigenvalue weighted by Crippen LogP contribution is -2.38. The number of H-pyrrole nitrogens is 1. The van der Waals surface area contributed by atoms with Gasteiger partial charge in [0, 0.05) is 37.5 Å². The molecule has 5 rings (SSSR count).